The molecule has 0 spiro atoms. The molecule has 2 heterocycles. The largest absolute Gasteiger partial charge is 0.392 e. The highest BCUT2D eigenvalue weighted by Crippen LogP contribution is 2.57. The van der Waals surface area contributed by atoms with Crippen LogP contribution in [0.5, 0.6) is 0 Å². The standard InChI is InChI=1S/C18H25ClO3/c1-5-17-10-21-18(22-17,13(4)11(2)12(17)3)15-6-7-16(19)14(8-15)9-20/h6-8,11-13,20H,5,9-10H2,1-4H3/t11-,12-,13+,17-,18+/m0/s1. The Morgan fingerprint density at radius 1 is 1.27 bits per heavy atom. The Labute approximate surface area is 137 Å². The van der Waals surface area contributed by atoms with E-state index in [1.807, 2.05) is 18.2 Å². The van der Waals surface area contributed by atoms with Crippen molar-refractivity contribution in [1.82, 2.24) is 0 Å². The summed E-state index contributed by atoms with van der Waals surface area (Å²) >= 11 is 6.14. The molecule has 1 N–H and O–H groups in total. The minimum Gasteiger partial charge on any atom is -0.392 e. The van der Waals surface area contributed by atoms with Gasteiger partial charge in [-0.15, -0.1) is 0 Å². The summed E-state index contributed by atoms with van der Waals surface area (Å²) in [7, 11) is 0. The van der Waals surface area contributed by atoms with E-state index in [1.54, 1.807) is 0 Å². The molecule has 3 nitrogen and oxygen atoms in total. The third-order valence-corrected chi connectivity index (χ3v) is 6.48. The first-order chi connectivity index (χ1) is 10.4. The van der Waals surface area contributed by atoms with Gasteiger partial charge in [0.15, 0.2) is 5.79 Å². The van der Waals surface area contributed by atoms with Gasteiger partial charge in [0.05, 0.1) is 18.8 Å². The van der Waals surface area contributed by atoms with Crippen molar-refractivity contribution in [3.8, 4) is 0 Å². The van der Waals surface area contributed by atoms with Crippen molar-refractivity contribution in [3.05, 3.63) is 34.3 Å². The molecule has 2 aliphatic heterocycles. The molecule has 22 heavy (non-hydrogen) atoms. The van der Waals surface area contributed by atoms with Crippen molar-refractivity contribution in [2.75, 3.05) is 6.61 Å². The molecule has 4 heteroatoms. The van der Waals surface area contributed by atoms with Crippen molar-refractivity contribution < 1.29 is 14.6 Å². The summed E-state index contributed by atoms with van der Waals surface area (Å²) in [5, 5.41) is 10.1. The van der Waals surface area contributed by atoms with E-state index in [9.17, 15) is 5.11 Å². The lowest BCUT2D eigenvalue weighted by Crippen LogP contribution is -2.53. The maximum Gasteiger partial charge on any atom is 0.198 e. The second-order valence-corrected chi connectivity index (χ2v) is 7.28. The topological polar surface area (TPSA) is 38.7 Å². The lowest BCUT2D eigenvalue weighted by Gasteiger charge is -2.49. The van der Waals surface area contributed by atoms with E-state index in [1.165, 1.54) is 0 Å². The van der Waals surface area contributed by atoms with Crippen LogP contribution in [0.1, 0.15) is 45.2 Å². The Balaban J connectivity index is 2.09. The van der Waals surface area contributed by atoms with E-state index in [2.05, 4.69) is 27.7 Å². The SMILES string of the molecule is CC[C@@]12CO[C@@](c3ccc(Cl)c(CO)c3)(O1)[C@H](C)[C@@H](C)[C@@H]2C. The molecule has 0 aromatic heterocycles. The minimum absolute atomic E-state index is 0.0813. The third-order valence-electron chi connectivity index (χ3n) is 6.11. The molecule has 0 unspecified atom stereocenters. The highest BCUT2D eigenvalue weighted by molar-refractivity contribution is 6.31. The molecule has 0 aliphatic carbocycles. The number of aliphatic hydroxyl groups excluding tert-OH is 1. The first-order valence-corrected chi connectivity index (χ1v) is 8.52. The van der Waals surface area contributed by atoms with Crippen LogP contribution in [0, 0.1) is 17.8 Å². The molecule has 0 saturated carbocycles. The molecule has 1 aromatic rings. The van der Waals surface area contributed by atoms with Gasteiger partial charge in [-0.05, 0) is 36.0 Å². The van der Waals surface area contributed by atoms with E-state index in [0.29, 0.717) is 29.0 Å². The summed E-state index contributed by atoms with van der Waals surface area (Å²) < 4.78 is 12.9. The quantitative estimate of drug-likeness (QED) is 0.909. The van der Waals surface area contributed by atoms with Gasteiger partial charge in [-0.1, -0.05) is 45.4 Å². The average molecular weight is 325 g/mol. The molecule has 2 aliphatic rings. The van der Waals surface area contributed by atoms with Crippen molar-refractivity contribution >= 4 is 11.6 Å². The van der Waals surface area contributed by atoms with Crippen LogP contribution in [0.25, 0.3) is 0 Å². The van der Waals surface area contributed by atoms with Crippen LogP contribution in [0.15, 0.2) is 18.2 Å². The van der Waals surface area contributed by atoms with Gasteiger partial charge in [0.25, 0.3) is 0 Å². The van der Waals surface area contributed by atoms with Crippen molar-refractivity contribution in [3.63, 3.8) is 0 Å². The van der Waals surface area contributed by atoms with E-state index in [-0.39, 0.29) is 18.1 Å². The molecule has 122 valence electrons. The zero-order valence-corrected chi connectivity index (χ0v) is 14.5. The van der Waals surface area contributed by atoms with Gasteiger partial charge in [0.2, 0.25) is 0 Å². The van der Waals surface area contributed by atoms with Crippen molar-refractivity contribution in [2.45, 2.75) is 52.1 Å². The lowest BCUT2D eigenvalue weighted by atomic mass is 9.68. The first kappa shape index (κ1) is 16.3. The molecule has 2 fully saturated rings. The van der Waals surface area contributed by atoms with Crippen LogP contribution in [-0.2, 0) is 21.9 Å². The monoisotopic (exact) mass is 324 g/mol. The normalized spacial score (nSPS) is 40.9. The fourth-order valence-electron chi connectivity index (χ4n) is 4.11. The molecule has 0 radical (unpaired) electrons. The molecular weight excluding hydrogens is 300 g/mol. The summed E-state index contributed by atoms with van der Waals surface area (Å²) in [5.41, 5.74) is 1.46. The molecular formula is C18H25ClO3. The highest BCUT2D eigenvalue weighted by atomic mass is 35.5. The van der Waals surface area contributed by atoms with Crippen molar-refractivity contribution in [1.29, 1.82) is 0 Å². The number of fused-ring (bicyclic) bond motifs is 2. The summed E-state index contributed by atoms with van der Waals surface area (Å²) in [6.45, 7) is 9.45. The summed E-state index contributed by atoms with van der Waals surface area (Å²) in [4.78, 5) is 0. The predicted octanol–water partition coefficient (Wildman–Crippen LogP) is 4.10. The lowest BCUT2D eigenvalue weighted by molar-refractivity contribution is -0.279. The summed E-state index contributed by atoms with van der Waals surface area (Å²) in [5.74, 6) is 0.450. The number of benzene rings is 1. The first-order valence-electron chi connectivity index (χ1n) is 8.14. The van der Waals surface area contributed by atoms with Crippen LogP contribution in [0.4, 0.5) is 0 Å². The number of aliphatic hydroxyl groups is 1. The van der Waals surface area contributed by atoms with Gasteiger partial charge in [-0.3, -0.25) is 0 Å². The molecule has 2 saturated heterocycles. The van der Waals surface area contributed by atoms with Gasteiger partial charge in [0, 0.05) is 16.5 Å². The van der Waals surface area contributed by atoms with E-state index >= 15 is 0 Å². The number of halogens is 1. The van der Waals surface area contributed by atoms with E-state index < -0.39 is 5.79 Å². The fraction of sp³-hybridized carbons (Fsp3) is 0.667. The van der Waals surface area contributed by atoms with Gasteiger partial charge >= 0.3 is 0 Å². The maximum absolute atomic E-state index is 9.50. The van der Waals surface area contributed by atoms with Crippen molar-refractivity contribution in [2.24, 2.45) is 17.8 Å². The maximum atomic E-state index is 9.50. The Hall–Kier alpha value is -0.610. The van der Waals surface area contributed by atoms with Gasteiger partial charge in [-0.2, -0.15) is 0 Å². The fourth-order valence-corrected chi connectivity index (χ4v) is 4.29. The van der Waals surface area contributed by atoms with Gasteiger partial charge in [-0.25, -0.2) is 0 Å². The molecule has 3 rings (SSSR count). The minimum atomic E-state index is -0.726. The van der Waals surface area contributed by atoms with Crippen LogP contribution in [0.2, 0.25) is 5.02 Å². The average Bonchev–Trinajstić information content (AvgIpc) is 2.92. The van der Waals surface area contributed by atoms with E-state index in [4.69, 9.17) is 21.1 Å². The second kappa shape index (κ2) is 5.48. The van der Waals surface area contributed by atoms with Gasteiger partial charge in [0.1, 0.15) is 0 Å². The zero-order valence-electron chi connectivity index (χ0n) is 13.7. The number of ether oxygens (including phenoxy) is 2. The Morgan fingerprint density at radius 2 is 2.00 bits per heavy atom. The highest BCUT2D eigenvalue weighted by Gasteiger charge is 2.62. The Kier molecular flexibility index (Phi) is 4.05. The van der Waals surface area contributed by atoms with Gasteiger partial charge < -0.3 is 14.6 Å². The predicted molar refractivity (Wildman–Crippen MR) is 86.6 cm³/mol. The number of hydrogen-bond donors (Lipinski definition) is 1. The second-order valence-electron chi connectivity index (χ2n) is 6.88. The summed E-state index contributed by atoms with van der Waals surface area (Å²) in [6, 6.07) is 5.71. The Bertz CT molecular complexity index is 575. The van der Waals surface area contributed by atoms with E-state index in [0.717, 1.165) is 12.0 Å². The molecule has 0 amide bonds. The number of hydrogen-bond acceptors (Lipinski definition) is 3. The van der Waals surface area contributed by atoms with Crippen LogP contribution < -0.4 is 0 Å². The zero-order chi connectivity index (χ0) is 16.1. The van der Waals surface area contributed by atoms with Crippen LogP contribution in [-0.4, -0.2) is 17.3 Å². The molecule has 2 bridgehead atoms. The van der Waals surface area contributed by atoms with Crippen LogP contribution in [0.3, 0.4) is 0 Å². The smallest absolute Gasteiger partial charge is 0.198 e. The van der Waals surface area contributed by atoms with Crippen LogP contribution >= 0.6 is 11.6 Å². The molecule has 1 aromatic carbocycles. The summed E-state index contributed by atoms with van der Waals surface area (Å²) in [6.07, 6.45) is 0.938. The number of rotatable bonds is 3. The Morgan fingerprint density at radius 3 is 2.64 bits per heavy atom. The third kappa shape index (κ3) is 2.06. The molecule has 5 atom stereocenters.